The molecule has 1 unspecified atom stereocenters. The molecule has 2 heterocycles. The molecule has 2 aliphatic rings. The fourth-order valence-electron chi connectivity index (χ4n) is 3.28. The van der Waals surface area contributed by atoms with E-state index in [9.17, 15) is 9.90 Å². The van der Waals surface area contributed by atoms with Gasteiger partial charge in [-0.2, -0.15) is 15.4 Å². The lowest BCUT2D eigenvalue weighted by molar-refractivity contribution is -0.133. The third-order valence-electron chi connectivity index (χ3n) is 4.50. The van der Waals surface area contributed by atoms with Gasteiger partial charge in [-0.15, -0.1) is 0 Å². The van der Waals surface area contributed by atoms with Crippen molar-refractivity contribution in [3.8, 4) is 0 Å². The number of carbonyl (C=O) groups is 1. The van der Waals surface area contributed by atoms with Gasteiger partial charge in [-0.25, -0.2) is 0 Å². The van der Waals surface area contributed by atoms with Crippen LogP contribution in [-0.4, -0.2) is 44.4 Å². The molecule has 114 valence electrons. The molecule has 6 nitrogen and oxygen atoms in total. The van der Waals surface area contributed by atoms with E-state index >= 15 is 0 Å². The Labute approximate surface area is 124 Å². The normalized spacial score (nSPS) is 26.7. The average molecular weight is 290 g/mol. The molecular formula is C15H22N4O2. The third kappa shape index (κ3) is 3.15. The lowest BCUT2D eigenvalue weighted by Crippen LogP contribution is -2.48. The summed E-state index contributed by atoms with van der Waals surface area (Å²) in [6.45, 7) is 0.991. The Morgan fingerprint density at radius 3 is 2.86 bits per heavy atom. The van der Waals surface area contributed by atoms with Crippen molar-refractivity contribution in [2.75, 3.05) is 13.1 Å². The molecular weight excluding hydrogens is 268 g/mol. The molecule has 21 heavy (non-hydrogen) atoms. The van der Waals surface area contributed by atoms with Gasteiger partial charge < -0.3 is 10.0 Å². The molecule has 0 spiro atoms. The zero-order chi connectivity index (χ0) is 14.7. The fourth-order valence-corrected chi connectivity index (χ4v) is 3.28. The van der Waals surface area contributed by atoms with E-state index < -0.39 is 5.60 Å². The molecule has 1 amide bonds. The van der Waals surface area contributed by atoms with Crippen LogP contribution in [0.5, 0.6) is 0 Å². The summed E-state index contributed by atoms with van der Waals surface area (Å²) in [5, 5.41) is 21.0. The zero-order valence-corrected chi connectivity index (χ0v) is 12.2. The number of carbonyl (C=O) groups excluding carboxylic acids is 1. The Bertz CT molecular complexity index is 518. The minimum atomic E-state index is -1.08. The van der Waals surface area contributed by atoms with E-state index in [0.717, 1.165) is 19.3 Å². The predicted octanol–water partition coefficient (Wildman–Crippen LogP) is 1.51. The average Bonchev–Trinajstić information content (AvgIpc) is 3.03. The van der Waals surface area contributed by atoms with Crippen molar-refractivity contribution >= 4 is 5.91 Å². The van der Waals surface area contributed by atoms with Crippen molar-refractivity contribution in [2.45, 2.75) is 50.5 Å². The molecule has 6 heteroatoms. The van der Waals surface area contributed by atoms with Crippen LogP contribution in [0.25, 0.3) is 0 Å². The predicted molar refractivity (Wildman–Crippen MR) is 77.3 cm³/mol. The molecule has 0 radical (unpaired) electrons. The highest BCUT2D eigenvalue weighted by molar-refractivity contribution is 5.88. The maximum Gasteiger partial charge on any atom is 0.246 e. The first kappa shape index (κ1) is 14.3. The lowest BCUT2D eigenvalue weighted by atomic mass is 9.89. The van der Waals surface area contributed by atoms with Crippen LogP contribution < -0.4 is 0 Å². The highest BCUT2D eigenvalue weighted by Crippen LogP contribution is 2.30. The molecule has 1 aromatic rings. The number of allylic oxidation sites excluding steroid dienone is 1. The standard InChI is InChI=1S/C15H22N4O2/c20-14(9-12-5-2-1-3-6-12)19-8-4-7-15(21,11-19)13-10-16-18-17-13/h9-10,21H,1-8,11H2,(H,16,17,18). The van der Waals surface area contributed by atoms with Gasteiger partial charge in [-0.1, -0.05) is 12.0 Å². The summed E-state index contributed by atoms with van der Waals surface area (Å²) in [5.41, 5.74) is 0.693. The lowest BCUT2D eigenvalue weighted by Gasteiger charge is -2.37. The van der Waals surface area contributed by atoms with E-state index in [1.807, 2.05) is 0 Å². The Hall–Kier alpha value is -1.69. The second-order valence-electron chi connectivity index (χ2n) is 6.11. The number of likely N-dealkylation sites (tertiary alicyclic amines) is 1. The summed E-state index contributed by atoms with van der Waals surface area (Å²) < 4.78 is 0. The Balaban J connectivity index is 1.69. The van der Waals surface area contributed by atoms with Gasteiger partial charge in [0.2, 0.25) is 5.91 Å². The van der Waals surface area contributed by atoms with Crippen molar-refractivity contribution in [2.24, 2.45) is 0 Å². The van der Waals surface area contributed by atoms with E-state index in [2.05, 4.69) is 15.4 Å². The molecule has 1 saturated carbocycles. The smallest absolute Gasteiger partial charge is 0.246 e. The second kappa shape index (κ2) is 5.97. The number of piperidine rings is 1. The maximum absolute atomic E-state index is 12.4. The largest absolute Gasteiger partial charge is 0.382 e. The van der Waals surface area contributed by atoms with Crippen LogP contribution in [-0.2, 0) is 10.4 Å². The number of aromatic nitrogens is 3. The van der Waals surface area contributed by atoms with Crippen LogP contribution in [0.4, 0.5) is 0 Å². The topological polar surface area (TPSA) is 82.1 Å². The number of rotatable bonds is 2. The number of nitrogens with zero attached hydrogens (tertiary/aromatic N) is 3. The molecule has 3 rings (SSSR count). The van der Waals surface area contributed by atoms with Gasteiger partial charge in [0.15, 0.2) is 0 Å². The van der Waals surface area contributed by atoms with E-state index in [1.165, 1.54) is 31.0 Å². The fraction of sp³-hybridized carbons (Fsp3) is 0.667. The summed E-state index contributed by atoms with van der Waals surface area (Å²) >= 11 is 0. The SMILES string of the molecule is O=C(C=C1CCCCC1)N1CCCC(O)(c2cn[nH]n2)C1. The van der Waals surface area contributed by atoms with Gasteiger partial charge in [-0.05, 0) is 38.5 Å². The summed E-state index contributed by atoms with van der Waals surface area (Å²) in [6, 6.07) is 0. The van der Waals surface area contributed by atoms with Crippen molar-refractivity contribution in [3.63, 3.8) is 0 Å². The Morgan fingerprint density at radius 2 is 2.14 bits per heavy atom. The number of hydrogen-bond acceptors (Lipinski definition) is 4. The Morgan fingerprint density at radius 1 is 1.33 bits per heavy atom. The van der Waals surface area contributed by atoms with Crippen molar-refractivity contribution in [1.29, 1.82) is 0 Å². The minimum absolute atomic E-state index is 0.0218. The number of aromatic amines is 1. The Kier molecular flexibility index (Phi) is 4.05. The monoisotopic (exact) mass is 290 g/mol. The number of β-amino-alcohol motifs (C(OH)–C–C–N with tert-alkyl or cyclic N) is 1. The molecule has 1 aliphatic carbocycles. The summed E-state index contributed by atoms with van der Waals surface area (Å²) in [4.78, 5) is 14.2. The van der Waals surface area contributed by atoms with E-state index in [1.54, 1.807) is 11.0 Å². The molecule has 0 aromatic carbocycles. The van der Waals surface area contributed by atoms with E-state index in [4.69, 9.17) is 0 Å². The van der Waals surface area contributed by atoms with Crippen LogP contribution in [0, 0.1) is 0 Å². The number of H-pyrrole nitrogens is 1. The maximum atomic E-state index is 12.4. The quantitative estimate of drug-likeness (QED) is 0.809. The molecule has 0 bridgehead atoms. The highest BCUT2D eigenvalue weighted by Gasteiger charge is 2.38. The summed E-state index contributed by atoms with van der Waals surface area (Å²) in [6.07, 6.45) is 10.4. The first-order valence-corrected chi connectivity index (χ1v) is 7.74. The first-order chi connectivity index (χ1) is 10.2. The summed E-state index contributed by atoms with van der Waals surface area (Å²) in [5.74, 6) is 0.0218. The zero-order valence-electron chi connectivity index (χ0n) is 12.2. The van der Waals surface area contributed by atoms with Crippen molar-refractivity contribution < 1.29 is 9.90 Å². The van der Waals surface area contributed by atoms with Crippen molar-refractivity contribution in [1.82, 2.24) is 20.3 Å². The number of amides is 1. The molecule has 1 aromatic heterocycles. The minimum Gasteiger partial charge on any atom is -0.382 e. The van der Waals surface area contributed by atoms with E-state index in [0.29, 0.717) is 25.2 Å². The molecule has 1 saturated heterocycles. The molecule has 2 fully saturated rings. The van der Waals surface area contributed by atoms with Crippen LogP contribution in [0.15, 0.2) is 17.8 Å². The third-order valence-corrected chi connectivity index (χ3v) is 4.50. The van der Waals surface area contributed by atoms with Crippen LogP contribution in [0.2, 0.25) is 0 Å². The summed E-state index contributed by atoms with van der Waals surface area (Å²) in [7, 11) is 0. The van der Waals surface area contributed by atoms with E-state index in [-0.39, 0.29) is 5.91 Å². The highest BCUT2D eigenvalue weighted by atomic mass is 16.3. The van der Waals surface area contributed by atoms with Gasteiger partial charge in [-0.3, -0.25) is 4.79 Å². The van der Waals surface area contributed by atoms with Gasteiger partial charge in [0.1, 0.15) is 11.3 Å². The first-order valence-electron chi connectivity index (χ1n) is 7.74. The van der Waals surface area contributed by atoms with Crippen LogP contribution in [0.1, 0.15) is 50.6 Å². The van der Waals surface area contributed by atoms with Gasteiger partial charge >= 0.3 is 0 Å². The molecule has 1 atom stereocenters. The number of nitrogens with one attached hydrogen (secondary N) is 1. The molecule has 1 aliphatic heterocycles. The number of aliphatic hydroxyl groups is 1. The van der Waals surface area contributed by atoms with Gasteiger partial charge in [0.05, 0.1) is 12.7 Å². The van der Waals surface area contributed by atoms with Crippen LogP contribution >= 0.6 is 0 Å². The van der Waals surface area contributed by atoms with Crippen molar-refractivity contribution in [3.05, 3.63) is 23.5 Å². The van der Waals surface area contributed by atoms with Crippen LogP contribution in [0.3, 0.4) is 0 Å². The molecule has 2 N–H and O–H groups in total. The van der Waals surface area contributed by atoms with Gasteiger partial charge in [0.25, 0.3) is 0 Å². The van der Waals surface area contributed by atoms with Gasteiger partial charge in [0, 0.05) is 12.6 Å². The number of hydrogen-bond donors (Lipinski definition) is 2. The second-order valence-corrected chi connectivity index (χ2v) is 6.11.